The van der Waals surface area contributed by atoms with Crippen LogP contribution < -0.4 is 16.0 Å². The van der Waals surface area contributed by atoms with E-state index >= 15 is 0 Å². The number of hydrogen-bond acceptors (Lipinski definition) is 8. The smallest absolute Gasteiger partial charge is 0.341 e. The zero-order valence-electron chi connectivity index (χ0n) is 17.8. The number of esters is 1. The van der Waals surface area contributed by atoms with Crippen LogP contribution in [0.5, 0.6) is 0 Å². The van der Waals surface area contributed by atoms with Crippen molar-refractivity contribution in [2.45, 2.75) is 44.8 Å². The molecule has 2 aliphatic heterocycles. The molecule has 2 aromatic rings. The fourth-order valence-corrected chi connectivity index (χ4v) is 3.93. The van der Waals surface area contributed by atoms with Crippen molar-refractivity contribution < 1.29 is 14.6 Å². The molecule has 0 aromatic carbocycles. The third-order valence-electron chi connectivity index (χ3n) is 5.43. The zero-order chi connectivity index (χ0) is 22.0. The summed E-state index contributed by atoms with van der Waals surface area (Å²) in [5.41, 5.74) is 8.28. The molecular formula is C23H27N5O3. The molecule has 0 bridgehead atoms. The molecule has 0 spiro atoms. The first-order valence-corrected chi connectivity index (χ1v) is 10.5. The first-order valence-electron chi connectivity index (χ1n) is 10.5. The van der Waals surface area contributed by atoms with Crippen molar-refractivity contribution in [1.29, 1.82) is 0 Å². The van der Waals surface area contributed by atoms with E-state index in [2.05, 4.69) is 32.0 Å². The average molecular weight is 422 g/mol. The van der Waals surface area contributed by atoms with Gasteiger partial charge in [0.15, 0.2) is 0 Å². The summed E-state index contributed by atoms with van der Waals surface area (Å²) in [6.45, 7) is 5.32. The lowest BCUT2D eigenvalue weighted by molar-refractivity contribution is 0.00834. The molecule has 4 rings (SSSR count). The van der Waals surface area contributed by atoms with Crippen LogP contribution in [-0.4, -0.2) is 46.8 Å². The lowest BCUT2D eigenvalue weighted by atomic mass is 10.0. The number of rotatable bonds is 4. The fraction of sp³-hybridized carbons (Fsp3) is 0.435. The van der Waals surface area contributed by atoms with Gasteiger partial charge in [0.1, 0.15) is 22.9 Å². The largest absolute Gasteiger partial charge is 0.449 e. The summed E-state index contributed by atoms with van der Waals surface area (Å²) < 4.78 is 5.40. The van der Waals surface area contributed by atoms with Gasteiger partial charge in [-0.2, -0.15) is 0 Å². The van der Waals surface area contributed by atoms with Crippen molar-refractivity contribution in [3.05, 3.63) is 41.2 Å². The molecule has 1 atom stereocenters. The normalized spacial score (nSPS) is 19.3. The number of nitrogens with two attached hydrogens (primary N) is 1. The van der Waals surface area contributed by atoms with Crippen molar-refractivity contribution in [2.75, 3.05) is 29.9 Å². The van der Waals surface area contributed by atoms with Crippen LogP contribution in [0.3, 0.4) is 0 Å². The Morgan fingerprint density at radius 1 is 1.39 bits per heavy atom. The molecule has 1 fully saturated rings. The predicted octanol–water partition coefficient (Wildman–Crippen LogP) is 2.29. The quantitative estimate of drug-likeness (QED) is 0.509. The van der Waals surface area contributed by atoms with Gasteiger partial charge < -0.3 is 25.8 Å². The number of cyclic esters (lactones) is 1. The monoisotopic (exact) mass is 421 g/mol. The second kappa shape index (κ2) is 8.53. The molecule has 0 unspecified atom stereocenters. The van der Waals surface area contributed by atoms with E-state index in [1.165, 1.54) is 0 Å². The van der Waals surface area contributed by atoms with Gasteiger partial charge in [-0.25, -0.2) is 14.8 Å². The Balaban J connectivity index is 1.64. The number of nitrogens with one attached hydrogen (secondary N) is 1. The molecule has 0 saturated carbocycles. The highest BCUT2D eigenvalue weighted by Crippen LogP contribution is 2.35. The summed E-state index contributed by atoms with van der Waals surface area (Å²) in [6, 6.07) is 5.54. The van der Waals surface area contributed by atoms with Gasteiger partial charge in [-0.05, 0) is 38.8 Å². The third-order valence-corrected chi connectivity index (χ3v) is 5.43. The van der Waals surface area contributed by atoms with Crippen LogP contribution in [-0.2, 0) is 10.3 Å². The number of piperidine rings is 1. The minimum atomic E-state index is -0.765. The maximum atomic E-state index is 12.0. The molecular weight excluding hydrogens is 394 g/mol. The number of aromatic nitrogens is 2. The topological polar surface area (TPSA) is 114 Å². The summed E-state index contributed by atoms with van der Waals surface area (Å²) in [5.74, 6) is 6.94. The Kier molecular flexibility index (Phi) is 5.81. The summed E-state index contributed by atoms with van der Waals surface area (Å²) in [6.07, 6.45) is 4.17. The average Bonchev–Trinajstić information content (AvgIpc) is 2.97. The molecule has 0 amide bonds. The van der Waals surface area contributed by atoms with Gasteiger partial charge in [-0.15, -0.1) is 0 Å². The first kappa shape index (κ1) is 21.1. The number of aliphatic hydroxyl groups is 1. The number of carbonyl (C=O) groups excluding carboxylic acids is 1. The summed E-state index contributed by atoms with van der Waals surface area (Å²) in [7, 11) is 0. The van der Waals surface area contributed by atoms with Gasteiger partial charge in [0.25, 0.3) is 0 Å². The Bertz CT molecular complexity index is 1060. The van der Waals surface area contributed by atoms with E-state index in [0.717, 1.165) is 37.2 Å². The number of hydrogen-bond donors (Lipinski definition) is 3. The van der Waals surface area contributed by atoms with Gasteiger partial charge in [0.05, 0.1) is 23.4 Å². The van der Waals surface area contributed by atoms with Crippen LogP contribution in [0.2, 0.25) is 0 Å². The van der Waals surface area contributed by atoms with Gasteiger partial charge in [0.2, 0.25) is 0 Å². The van der Waals surface area contributed by atoms with Crippen molar-refractivity contribution in [3.8, 4) is 11.8 Å². The molecule has 4 N–H and O–H groups in total. The van der Waals surface area contributed by atoms with Crippen LogP contribution >= 0.6 is 0 Å². The van der Waals surface area contributed by atoms with E-state index in [1.807, 2.05) is 19.9 Å². The van der Waals surface area contributed by atoms with E-state index in [9.17, 15) is 4.79 Å². The van der Waals surface area contributed by atoms with Crippen molar-refractivity contribution in [1.82, 2.24) is 9.97 Å². The maximum absolute atomic E-state index is 12.0. The van der Waals surface area contributed by atoms with Crippen LogP contribution in [0.15, 0.2) is 24.4 Å². The second-order valence-electron chi connectivity index (χ2n) is 8.33. The molecule has 8 heteroatoms. The Hall–Kier alpha value is -3.15. The number of anilines is 3. The number of pyridine rings is 2. The highest BCUT2D eigenvalue weighted by atomic mass is 16.6. The second-order valence-corrected chi connectivity index (χ2v) is 8.33. The summed E-state index contributed by atoms with van der Waals surface area (Å²) >= 11 is 0. The number of fused-ring (bicyclic) bond motifs is 1. The number of carbonyl (C=O) groups is 1. The highest BCUT2D eigenvalue weighted by Gasteiger charge is 2.39. The highest BCUT2D eigenvalue weighted by molar-refractivity contribution is 5.94. The molecule has 0 radical (unpaired) electrons. The number of aliphatic hydroxyl groups excluding tert-OH is 1. The minimum Gasteiger partial charge on any atom is -0.449 e. The van der Waals surface area contributed by atoms with Crippen LogP contribution in [0.25, 0.3) is 0 Å². The van der Waals surface area contributed by atoms with Crippen molar-refractivity contribution in [2.24, 2.45) is 5.73 Å². The molecule has 162 valence electrons. The molecule has 2 aliphatic rings. The minimum absolute atomic E-state index is 0.0244. The van der Waals surface area contributed by atoms with E-state index < -0.39 is 5.60 Å². The first-order chi connectivity index (χ1) is 14.9. The van der Waals surface area contributed by atoms with Gasteiger partial charge >= 0.3 is 5.97 Å². The lowest BCUT2D eigenvalue weighted by Gasteiger charge is -2.33. The van der Waals surface area contributed by atoms with E-state index in [0.29, 0.717) is 29.3 Å². The summed E-state index contributed by atoms with van der Waals surface area (Å²) in [4.78, 5) is 23.3. The fourth-order valence-electron chi connectivity index (χ4n) is 3.93. The molecule has 4 heterocycles. The molecule has 0 aliphatic carbocycles. The van der Waals surface area contributed by atoms with Crippen LogP contribution in [0.1, 0.15) is 54.7 Å². The zero-order valence-corrected chi connectivity index (χ0v) is 17.8. The Morgan fingerprint density at radius 3 is 3.00 bits per heavy atom. The molecule has 31 heavy (non-hydrogen) atoms. The van der Waals surface area contributed by atoms with Crippen molar-refractivity contribution >= 4 is 23.3 Å². The van der Waals surface area contributed by atoms with Gasteiger partial charge in [-0.1, -0.05) is 11.8 Å². The Labute approximate surface area is 181 Å². The predicted molar refractivity (Wildman–Crippen MR) is 118 cm³/mol. The third kappa shape index (κ3) is 4.48. The standard InChI is InChI=1S/C23H27N5O3/c1-23(2)21-17(22(30)31-23)8-9-19(27-21)26-20-12-18(28-10-5-7-16(24)14-28)15(13-25-20)6-3-4-11-29/h8-9,12-13,16,29H,4-5,7,10-11,14,24H2,1-2H3,(H,25,26,27)/t16-/m0/s1. The SMILES string of the molecule is CC1(C)OC(=O)c2ccc(Nc3cc(N4CCC[C@H](N)C4)c(C#CCCO)cn3)nc21. The number of nitrogens with zero attached hydrogens (tertiary/aromatic N) is 3. The van der Waals surface area contributed by atoms with Gasteiger partial charge in [0, 0.05) is 37.8 Å². The van der Waals surface area contributed by atoms with E-state index in [4.69, 9.17) is 15.6 Å². The van der Waals surface area contributed by atoms with Crippen LogP contribution in [0.4, 0.5) is 17.3 Å². The summed E-state index contributed by atoms with van der Waals surface area (Å²) in [5, 5.41) is 12.3. The molecule has 2 aromatic heterocycles. The maximum Gasteiger partial charge on any atom is 0.341 e. The van der Waals surface area contributed by atoms with Gasteiger partial charge in [-0.3, -0.25) is 0 Å². The van der Waals surface area contributed by atoms with E-state index in [1.54, 1.807) is 18.3 Å². The van der Waals surface area contributed by atoms with E-state index in [-0.39, 0.29) is 18.6 Å². The van der Waals surface area contributed by atoms with Crippen molar-refractivity contribution in [3.63, 3.8) is 0 Å². The number of ether oxygens (including phenoxy) is 1. The van der Waals surface area contributed by atoms with Crippen LogP contribution in [0, 0.1) is 11.8 Å². The molecule has 1 saturated heterocycles. The Morgan fingerprint density at radius 2 is 2.23 bits per heavy atom. The molecule has 8 nitrogen and oxygen atoms in total. The lowest BCUT2D eigenvalue weighted by Crippen LogP contribution is -2.43.